The third kappa shape index (κ3) is 5.12. The fourth-order valence-electron chi connectivity index (χ4n) is 2.33. The molecule has 140 valence electrons. The van der Waals surface area contributed by atoms with Crippen LogP contribution in [0.3, 0.4) is 0 Å². The van der Waals surface area contributed by atoms with Gasteiger partial charge in [-0.05, 0) is 58.8 Å². The second-order valence-electron chi connectivity index (χ2n) is 5.50. The monoisotopic (exact) mass is 478 g/mol. The van der Waals surface area contributed by atoms with E-state index in [0.29, 0.717) is 5.75 Å². The number of aryl methyl sites for hydroxylation is 1. The summed E-state index contributed by atoms with van der Waals surface area (Å²) in [6.45, 7) is 3.23. The molecule has 2 rings (SSSR count). The minimum Gasteiger partial charge on any atom is -0.489 e. The first kappa shape index (κ1) is 20.5. The molecule has 0 fully saturated rings. The lowest BCUT2D eigenvalue weighted by Crippen LogP contribution is -2.15. The SMILES string of the molecule is CCC(=O)Oc1cccc(C(F)(F)F)c1COc1ccc(CC)c(I)c1. The molecule has 0 bridgehead atoms. The van der Waals surface area contributed by atoms with Gasteiger partial charge in [0.2, 0.25) is 0 Å². The van der Waals surface area contributed by atoms with Gasteiger partial charge in [-0.2, -0.15) is 13.2 Å². The summed E-state index contributed by atoms with van der Waals surface area (Å²) in [6, 6.07) is 8.87. The van der Waals surface area contributed by atoms with Crippen molar-refractivity contribution in [2.45, 2.75) is 39.5 Å². The van der Waals surface area contributed by atoms with Gasteiger partial charge in [0.1, 0.15) is 18.1 Å². The quantitative estimate of drug-likeness (QED) is 0.301. The van der Waals surface area contributed by atoms with E-state index in [1.807, 2.05) is 13.0 Å². The molecule has 2 aromatic carbocycles. The van der Waals surface area contributed by atoms with E-state index in [-0.39, 0.29) is 24.3 Å². The molecule has 0 unspecified atom stereocenters. The van der Waals surface area contributed by atoms with Gasteiger partial charge in [-0.1, -0.05) is 26.0 Å². The van der Waals surface area contributed by atoms with Crippen molar-refractivity contribution in [2.75, 3.05) is 0 Å². The van der Waals surface area contributed by atoms with Crippen LogP contribution in [0.4, 0.5) is 13.2 Å². The summed E-state index contributed by atoms with van der Waals surface area (Å²) in [6.07, 6.45) is -3.66. The van der Waals surface area contributed by atoms with Crippen LogP contribution < -0.4 is 9.47 Å². The maximum atomic E-state index is 13.3. The van der Waals surface area contributed by atoms with Gasteiger partial charge in [-0.3, -0.25) is 4.79 Å². The summed E-state index contributed by atoms with van der Waals surface area (Å²) in [4.78, 5) is 11.5. The molecule has 0 aliphatic rings. The standard InChI is InChI=1S/C19H18F3IO3/c1-3-12-8-9-13(10-16(12)23)25-11-14-15(19(20,21)22)6-5-7-17(14)26-18(24)4-2/h5-10H,3-4,11H2,1-2H3. The van der Waals surface area contributed by atoms with Gasteiger partial charge >= 0.3 is 12.1 Å². The molecule has 7 heteroatoms. The summed E-state index contributed by atoms with van der Waals surface area (Å²) in [7, 11) is 0. The molecule has 0 amide bonds. The van der Waals surface area contributed by atoms with E-state index in [4.69, 9.17) is 9.47 Å². The molecule has 0 heterocycles. The Bertz CT molecular complexity index is 788. The van der Waals surface area contributed by atoms with Crippen molar-refractivity contribution in [1.29, 1.82) is 0 Å². The van der Waals surface area contributed by atoms with Gasteiger partial charge in [-0.25, -0.2) is 0 Å². The predicted octanol–water partition coefficient (Wildman–Crippen LogP) is 5.77. The Balaban J connectivity index is 2.33. The van der Waals surface area contributed by atoms with Crippen LogP contribution in [-0.4, -0.2) is 5.97 Å². The van der Waals surface area contributed by atoms with Crippen molar-refractivity contribution >= 4 is 28.6 Å². The Morgan fingerprint density at radius 3 is 2.46 bits per heavy atom. The van der Waals surface area contributed by atoms with E-state index in [9.17, 15) is 18.0 Å². The van der Waals surface area contributed by atoms with Crippen LogP contribution in [0, 0.1) is 3.57 Å². The molecule has 0 saturated heterocycles. The molecule has 0 spiro atoms. The number of hydrogen-bond donors (Lipinski definition) is 0. The molecule has 0 saturated carbocycles. The first-order chi connectivity index (χ1) is 12.3. The number of hydrogen-bond acceptors (Lipinski definition) is 3. The van der Waals surface area contributed by atoms with Crippen molar-refractivity contribution in [1.82, 2.24) is 0 Å². The number of rotatable bonds is 6. The number of esters is 1. The largest absolute Gasteiger partial charge is 0.489 e. The van der Waals surface area contributed by atoms with Crippen molar-refractivity contribution in [2.24, 2.45) is 0 Å². The Morgan fingerprint density at radius 2 is 1.88 bits per heavy atom. The lowest BCUT2D eigenvalue weighted by atomic mass is 10.1. The number of alkyl halides is 3. The average Bonchev–Trinajstić information content (AvgIpc) is 2.59. The smallest absolute Gasteiger partial charge is 0.416 e. The topological polar surface area (TPSA) is 35.5 Å². The van der Waals surface area contributed by atoms with Crippen LogP contribution in [0.2, 0.25) is 0 Å². The second kappa shape index (κ2) is 8.75. The highest BCUT2D eigenvalue weighted by Crippen LogP contribution is 2.37. The summed E-state index contributed by atoms with van der Waals surface area (Å²) in [5.74, 6) is -0.282. The second-order valence-corrected chi connectivity index (χ2v) is 6.67. The maximum absolute atomic E-state index is 13.3. The third-order valence-corrected chi connectivity index (χ3v) is 4.74. The number of carbonyl (C=O) groups is 1. The van der Waals surface area contributed by atoms with Gasteiger partial charge in [-0.15, -0.1) is 0 Å². The number of ether oxygens (including phenoxy) is 2. The van der Waals surface area contributed by atoms with Gasteiger partial charge in [0.05, 0.1) is 5.56 Å². The Hall–Kier alpha value is -1.77. The molecule has 26 heavy (non-hydrogen) atoms. The molecule has 0 aromatic heterocycles. The van der Waals surface area contributed by atoms with Crippen LogP contribution in [0.1, 0.15) is 37.0 Å². The van der Waals surface area contributed by atoms with Crippen LogP contribution in [0.25, 0.3) is 0 Å². The highest BCUT2D eigenvalue weighted by molar-refractivity contribution is 14.1. The zero-order valence-corrected chi connectivity index (χ0v) is 16.5. The molecule has 0 atom stereocenters. The van der Waals surface area contributed by atoms with E-state index in [1.54, 1.807) is 19.1 Å². The number of halogens is 4. The van der Waals surface area contributed by atoms with Crippen molar-refractivity contribution in [3.8, 4) is 11.5 Å². The van der Waals surface area contributed by atoms with E-state index >= 15 is 0 Å². The lowest BCUT2D eigenvalue weighted by molar-refractivity contribution is -0.140. The van der Waals surface area contributed by atoms with E-state index in [1.165, 1.54) is 12.1 Å². The normalized spacial score (nSPS) is 11.3. The Kier molecular flexibility index (Phi) is 6.91. The maximum Gasteiger partial charge on any atom is 0.416 e. The van der Waals surface area contributed by atoms with Gasteiger partial charge in [0, 0.05) is 15.6 Å². The van der Waals surface area contributed by atoms with Gasteiger partial charge in [0.25, 0.3) is 0 Å². The van der Waals surface area contributed by atoms with Crippen molar-refractivity contribution < 1.29 is 27.4 Å². The van der Waals surface area contributed by atoms with E-state index in [0.717, 1.165) is 21.6 Å². The molecule has 0 radical (unpaired) electrons. The highest BCUT2D eigenvalue weighted by Gasteiger charge is 2.35. The number of carbonyl (C=O) groups excluding carboxylic acids is 1. The van der Waals surface area contributed by atoms with Crippen molar-refractivity contribution in [3.05, 3.63) is 56.7 Å². The predicted molar refractivity (Wildman–Crippen MR) is 100 cm³/mol. The van der Waals surface area contributed by atoms with Crippen LogP contribution >= 0.6 is 22.6 Å². The highest BCUT2D eigenvalue weighted by atomic mass is 127. The minimum absolute atomic E-state index is 0.0627. The van der Waals surface area contributed by atoms with Gasteiger partial charge in [0.15, 0.2) is 0 Å². The first-order valence-corrected chi connectivity index (χ1v) is 9.15. The van der Waals surface area contributed by atoms with E-state index < -0.39 is 17.7 Å². The first-order valence-electron chi connectivity index (χ1n) is 8.07. The Labute approximate surface area is 163 Å². The van der Waals surface area contributed by atoms with Crippen molar-refractivity contribution in [3.63, 3.8) is 0 Å². The third-order valence-electron chi connectivity index (χ3n) is 3.74. The summed E-state index contributed by atoms with van der Waals surface area (Å²) in [5, 5.41) is 0. The number of benzene rings is 2. The Morgan fingerprint density at radius 1 is 1.15 bits per heavy atom. The van der Waals surface area contributed by atoms with Gasteiger partial charge < -0.3 is 9.47 Å². The fraction of sp³-hybridized carbons (Fsp3) is 0.316. The molecule has 0 N–H and O–H groups in total. The van der Waals surface area contributed by atoms with E-state index in [2.05, 4.69) is 22.6 Å². The molecule has 0 aliphatic carbocycles. The lowest BCUT2D eigenvalue weighted by Gasteiger charge is -2.17. The zero-order valence-electron chi connectivity index (χ0n) is 14.3. The summed E-state index contributed by atoms with van der Waals surface area (Å²) < 4.78 is 51.6. The zero-order chi connectivity index (χ0) is 19.3. The molecule has 3 nitrogen and oxygen atoms in total. The molecule has 0 aliphatic heterocycles. The summed E-state index contributed by atoms with van der Waals surface area (Å²) in [5.41, 5.74) is 0.0568. The molecule has 2 aromatic rings. The molecular formula is C19H18F3IO3. The minimum atomic E-state index is -4.58. The van der Waals surface area contributed by atoms with Crippen LogP contribution in [0.5, 0.6) is 11.5 Å². The summed E-state index contributed by atoms with van der Waals surface area (Å²) >= 11 is 2.16. The molecular weight excluding hydrogens is 460 g/mol. The van der Waals surface area contributed by atoms with Crippen LogP contribution in [0.15, 0.2) is 36.4 Å². The fourth-order valence-corrected chi connectivity index (χ4v) is 3.20. The average molecular weight is 478 g/mol. The van der Waals surface area contributed by atoms with Crippen LogP contribution in [-0.2, 0) is 24.0 Å².